The van der Waals surface area contributed by atoms with Crippen molar-refractivity contribution in [1.29, 1.82) is 0 Å². The Bertz CT molecular complexity index is 537. The first-order valence-corrected chi connectivity index (χ1v) is 5.10. The van der Waals surface area contributed by atoms with Crippen molar-refractivity contribution in [2.45, 2.75) is 13.8 Å². The van der Waals surface area contributed by atoms with Gasteiger partial charge in [0.2, 0.25) is 5.88 Å². The van der Waals surface area contributed by atoms with Gasteiger partial charge in [-0.05, 0) is 26.0 Å². The maximum Gasteiger partial charge on any atom is 0.222 e. The van der Waals surface area contributed by atoms with Gasteiger partial charge in [-0.3, -0.25) is 0 Å². The third kappa shape index (κ3) is 2.69. The fourth-order valence-corrected chi connectivity index (χ4v) is 1.43. The van der Waals surface area contributed by atoms with Gasteiger partial charge in [0.05, 0.1) is 5.69 Å². The number of anilines is 1. The lowest BCUT2D eigenvalue weighted by Crippen LogP contribution is -1.96. The van der Waals surface area contributed by atoms with Gasteiger partial charge in [-0.1, -0.05) is 0 Å². The molecule has 0 aliphatic rings. The summed E-state index contributed by atoms with van der Waals surface area (Å²) in [5.74, 6) is 0.842. The van der Waals surface area contributed by atoms with Gasteiger partial charge in [-0.25, -0.2) is 9.37 Å². The number of hydrogen-bond acceptors (Lipinski definition) is 4. The molecular formula is C12H12FN3O. The lowest BCUT2D eigenvalue weighted by Gasteiger charge is -2.06. The Hall–Kier alpha value is -2.17. The minimum Gasteiger partial charge on any atom is -0.439 e. The third-order valence-electron chi connectivity index (χ3n) is 2.14. The second kappa shape index (κ2) is 4.37. The summed E-state index contributed by atoms with van der Waals surface area (Å²) in [5.41, 5.74) is 6.26. The number of aryl methyl sites for hydroxylation is 2. The number of nitrogens with zero attached hydrogens (tertiary/aromatic N) is 2. The zero-order valence-electron chi connectivity index (χ0n) is 9.57. The molecule has 17 heavy (non-hydrogen) atoms. The van der Waals surface area contributed by atoms with Crippen molar-refractivity contribution in [3.05, 3.63) is 41.6 Å². The predicted octanol–water partition coefficient (Wildman–Crippen LogP) is 2.61. The molecule has 1 aromatic heterocycles. The molecule has 0 unspecified atom stereocenters. The molecule has 2 aromatic rings. The van der Waals surface area contributed by atoms with E-state index in [1.54, 1.807) is 19.1 Å². The van der Waals surface area contributed by atoms with E-state index in [4.69, 9.17) is 10.5 Å². The Labute approximate surface area is 98.3 Å². The van der Waals surface area contributed by atoms with Gasteiger partial charge >= 0.3 is 0 Å². The Balaban J connectivity index is 2.28. The van der Waals surface area contributed by atoms with Crippen LogP contribution >= 0.6 is 0 Å². The maximum atomic E-state index is 13.2. The fourth-order valence-electron chi connectivity index (χ4n) is 1.43. The highest BCUT2D eigenvalue weighted by molar-refractivity contribution is 5.44. The van der Waals surface area contributed by atoms with Gasteiger partial charge in [-0.15, -0.1) is 0 Å². The van der Waals surface area contributed by atoms with E-state index in [1.165, 1.54) is 12.1 Å². The molecule has 0 radical (unpaired) electrons. The number of nitrogen functional groups attached to an aromatic ring is 1. The molecule has 0 saturated heterocycles. The summed E-state index contributed by atoms with van der Waals surface area (Å²) < 4.78 is 18.6. The molecule has 2 rings (SSSR count). The van der Waals surface area contributed by atoms with Gasteiger partial charge in [0.1, 0.15) is 17.4 Å². The van der Waals surface area contributed by atoms with Crippen LogP contribution in [0, 0.1) is 19.7 Å². The number of ether oxygens (including phenoxy) is 1. The number of rotatable bonds is 2. The summed E-state index contributed by atoms with van der Waals surface area (Å²) in [7, 11) is 0. The van der Waals surface area contributed by atoms with Crippen molar-refractivity contribution in [3.8, 4) is 11.6 Å². The van der Waals surface area contributed by atoms with Gasteiger partial charge in [0, 0.05) is 17.8 Å². The Kier molecular flexibility index (Phi) is 2.91. The Morgan fingerprint density at radius 3 is 2.59 bits per heavy atom. The molecule has 2 N–H and O–H groups in total. The molecule has 0 bridgehead atoms. The van der Waals surface area contributed by atoms with E-state index < -0.39 is 5.82 Å². The second-order valence-corrected chi connectivity index (χ2v) is 3.68. The van der Waals surface area contributed by atoms with Gasteiger partial charge < -0.3 is 10.5 Å². The molecule has 0 aliphatic carbocycles. The first-order valence-electron chi connectivity index (χ1n) is 5.10. The highest BCUT2D eigenvalue weighted by atomic mass is 19.1. The largest absolute Gasteiger partial charge is 0.439 e. The van der Waals surface area contributed by atoms with Gasteiger partial charge in [-0.2, -0.15) is 4.98 Å². The average molecular weight is 233 g/mol. The van der Waals surface area contributed by atoms with Crippen molar-refractivity contribution in [1.82, 2.24) is 9.97 Å². The summed E-state index contributed by atoms with van der Waals surface area (Å²) in [6.07, 6.45) is 0. The van der Waals surface area contributed by atoms with Gasteiger partial charge in [0.15, 0.2) is 0 Å². The van der Waals surface area contributed by atoms with Crippen LogP contribution in [0.4, 0.5) is 10.1 Å². The number of nitrogens with two attached hydrogens (primary N) is 1. The molecule has 0 amide bonds. The normalized spacial score (nSPS) is 10.3. The first-order chi connectivity index (χ1) is 8.04. The molecule has 1 aromatic carbocycles. The van der Waals surface area contributed by atoms with Crippen LogP contribution in [0.1, 0.15) is 11.5 Å². The lowest BCUT2D eigenvalue weighted by molar-refractivity contribution is 0.454. The van der Waals surface area contributed by atoms with E-state index in [-0.39, 0.29) is 5.69 Å². The smallest absolute Gasteiger partial charge is 0.222 e. The Morgan fingerprint density at radius 2 is 1.94 bits per heavy atom. The van der Waals surface area contributed by atoms with Crippen LogP contribution in [0.2, 0.25) is 0 Å². The van der Waals surface area contributed by atoms with Crippen LogP contribution < -0.4 is 10.5 Å². The SMILES string of the molecule is Cc1cc(Oc2ccc(N)c(F)c2)nc(C)n1. The van der Waals surface area contributed by atoms with E-state index in [9.17, 15) is 4.39 Å². The summed E-state index contributed by atoms with van der Waals surface area (Å²) in [6, 6.07) is 5.94. The van der Waals surface area contributed by atoms with E-state index in [2.05, 4.69) is 9.97 Å². The van der Waals surface area contributed by atoms with E-state index in [0.717, 1.165) is 5.69 Å². The number of aromatic nitrogens is 2. The minimum atomic E-state index is -0.509. The van der Waals surface area contributed by atoms with Crippen LogP contribution in [0.15, 0.2) is 24.3 Å². The summed E-state index contributed by atoms with van der Waals surface area (Å²) in [4.78, 5) is 8.22. The predicted molar refractivity (Wildman–Crippen MR) is 62.4 cm³/mol. The standard InChI is InChI=1S/C12H12FN3O/c1-7-5-12(16-8(2)15-7)17-9-3-4-11(14)10(13)6-9/h3-6H,14H2,1-2H3. The lowest BCUT2D eigenvalue weighted by atomic mass is 10.3. The summed E-state index contributed by atoms with van der Waals surface area (Å²) in [5, 5.41) is 0. The van der Waals surface area contributed by atoms with Gasteiger partial charge in [0.25, 0.3) is 0 Å². The van der Waals surface area contributed by atoms with Crippen molar-refractivity contribution < 1.29 is 9.13 Å². The average Bonchev–Trinajstić information content (AvgIpc) is 2.22. The van der Waals surface area contributed by atoms with E-state index in [1.807, 2.05) is 6.92 Å². The van der Waals surface area contributed by atoms with Crippen LogP contribution in [0.25, 0.3) is 0 Å². The second-order valence-electron chi connectivity index (χ2n) is 3.68. The fraction of sp³-hybridized carbons (Fsp3) is 0.167. The van der Waals surface area contributed by atoms with Crippen LogP contribution in [-0.2, 0) is 0 Å². The van der Waals surface area contributed by atoms with E-state index in [0.29, 0.717) is 17.5 Å². The highest BCUT2D eigenvalue weighted by Crippen LogP contribution is 2.23. The molecule has 0 aliphatic heterocycles. The Morgan fingerprint density at radius 1 is 1.18 bits per heavy atom. The number of benzene rings is 1. The quantitative estimate of drug-likeness (QED) is 0.810. The summed E-state index contributed by atoms with van der Waals surface area (Å²) in [6.45, 7) is 3.61. The topological polar surface area (TPSA) is 61.0 Å². The van der Waals surface area contributed by atoms with Crippen molar-refractivity contribution >= 4 is 5.69 Å². The molecule has 4 nitrogen and oxygen atoms in total. The molecule has 0 atom stereocenters. The third-order valence-corrected chi connectivity index (χ3v) is 2.14. The molecule has 1 heterocycles. The van der Waals surface area contributed by atoms with Crippen LogP contribution in [0.5, 0.6) is 11.6 Å². The van der Waals surface area contributed by atoms with E-state index >= 15 is 0 Å². The zero-order valence-corrected chi connectivity index (χ0v) is 9.57. The van der Waals surface area contributed by atoms with Crippen molar-refractivity contribution in [2.75, 3.05) is 5.73 Å². The number of halogens is 1. The number of hydrogen-bond donors (Lipinski definition) is 1. The molecule has 0 fully saturated rings. The monoisotopic (exact) mass is 233 g/mol. The minimum absolute atomic E-state index is 0.0902. The van der Waals surface area contributed by atoms with Crippen LogP contribution in [-0.4, -0.2) is 9.97 Å². The molecule has 0 spiro atoms. The highest BCUT2D eigenvalue weighted by Gasteiger charge is 2.04. The molecule has 0 saturated carbocycles. The van der Waals surface area contributed by atoms with Crippen molar-refractivity contribution in [3.63, 3.8) is 0 Å². The zero-order chi connectivity index (χ0) is 12.4. The van der Waals surface area contributed by atoms with Crippen LogP contribution in [0.3, 0.4) is 0 Å². The molecule has 88 valence electrons. The molecular weight excluding hydrogens is 221 g/mol. The first kappa shape index (κ1) is 11.3. The summed E-state index contributed by atoms with van der Waals surface area (Å²) >= 11 is 0. The maximum absolute atomic E-state index is 13.2. The molecule has 5 heteroatoms. The van der Waals surface area contributed by atoms with Crippen molar-refractivity contribution in [2.24, 2.45) is 0 Å².